The summed E-state index contributed by atoms with van der Waals surface area (Å²) in [6.45, 7) is 11.7. The molecule has 16 rings (SSSR count). The van der Waals surface area contributed by atoms with E-state index in [9.17, 15) is 0 Å². The lowest BCUT2D eigenvalue weighted by molar-refractivity contribution is 0.661. The Morgan fingerprint density at radius 1 is 0.350 bits per heavy atom. The maximum absolute atomic E-state index is 7.09. The number of hydrogen-bond donors (Lipinski definition) is 0. The van der Waals surface area contributed by atoms with Crippen molar-refractivity contribution in [2.75, 3.05) is 9.80 Å². The van der Waals surface area contributed by atoms with Gasteiger partial charge in [-0.25, -0.2) is 0 Å². The van der Waals surface area contributed by atoms with Crippen molar-refractivity contribution in [2.45, 2.75) is 51.9 Å². The molecule has 0 amide bonds. The smallest absolute Gasteiger partial charge is 0.159 e. The van der Waals surface area contributed by atoms with E-state index in [0.717, 1.165) is 78.0 Å². The molecule has 0 spiro atoms. The molecule has 2 aliphatic carbocycles. The molecule has 0 saturated heterocycles. The zero-order chi connectivity index (χ0) is 53.6. The Labute approximate surface area is 465 Å². The van der Waals surface area contributed by atoms with Gasteiger partial charge in [-0.2, -0.15) is 0 Å². The van der Waals surface area contributed by atoms with Crippen LogP contribution in [-0.4, -0.2) is 0 Å². The maximum Gasteiger partial charge on any atom is 0.159 e. The Morgan fingerprint density at radius 2 is 0.825 bits per heavy atom. The average molecular weight is 1030 g/mol. The van der Waals surface area contributed by atoms with Gasteiger partial charge < -0.3 is 18.6 Å². The van der Waals surface area contributed by atoms with Crippen LogP contribution in [0.4, 0.5) is 34.1 Å². The van der Waals surface area contributed by atoms with Crippen LogP contribution >= 0.6 is 0 Å². The number of para-hydroxylation sites is 4. The highest BCUT2D eigenvalue weighted by molar-refractivity contribution is 6.13. The number of benzene rings is 12. The van der Waals surface area contributed by atoms with Gasteiger partial charge in [0.05, 0.1) is 11.4 Å². The molecular formula is C76H56N2O2. The Kier molecular flexibility index (Phi) is 9.98. The minimum atomic E-state index is -0.207. The molecule has 14 aromatic rings. The molecule has 0 unspecified atom stereocenters. The van der Waals surface area contributed by atoms with Crippen LogP contribution in [0.5, 0.6) is 0 Å². The number of anilines is 6. The Balaban J connectivity index is 0.811. The van der Waals surface area contributed by atoms with E-state index in [-0.39, 0.29) is 10.8 Å². The maximum atomic E-state index is 7.09. The van der Waals surface area contributed by atoms with Crippen LogP contribution in [0.2, 0.25) is 0 Å². The summed E-state index contributed by atoms with van der Waals surface area (Å²) >= 11 is 0. The molecule has 4 nitrogen and oxygen atoms in total. The van der Waals surface area contributed by atoms with Gasteiger partial charge in [-0.1, -0.05) is 173 Å². The van der Waals surface area contributed by atoms with E-state index in [1.165, 1.54) is 82.7 Å². The number of hydrogen-bond acceptors (Lipinski definition) is 4. The topological polar surface area (TPSA) is 32.8 Å². The number of nitrogens with zero attached hydrogens (tertiary/aromatic N) is 2. The molecule has 4 heteroatoms. The van der Waals surface area contributed by atoms with E-state index in [0.29, 0.717) is 6.42 Å². The summed E-state index contributed by atoms with van der Waals surface area (Å²) in [5.41, 5.74) is 23.6. The molecule has 0 aliphatic heterocycles. The number of aryl methyl sites for hydroxylation is 1. The molecule has 0 N–H and O–H groups in total. The standard InChI is InChI=1S/C76H56N2O2/c1-46-17-6-13-25-67(46)78(55-35-37-57-62-41-49-19-8-10-21-51(49)43-64(62)76(4,5)66(57)45-55)69-38-31-52(72-60-23-12-15-28-71(60)80-74(69)72)39-47-29-32-53(33-30-47)77(68-26-16-24-59-58-22-11-14-27-70(58)79-73(59)68)54-34-36-56-61-40-48-18-7-9-20-50(48)42-63(61)75(2,3)65(56)44-54/h6-38,40-45H,39H2,1-5H3. The van der Waals surface area contributed by atoms with Crippen molar-refractivity contribution in [3.8, 4) is 22.3 Å². The predicted molar refractivity (Wildman–Crippen MR) is 334 cm³/mol. The summed E-state index contributed by atoms with van der Waals surface area (Å²) in [6, 6.07) is 87.1. The van der Waals surface area contributed by atoms with Crippen LogP contribution in [-0.2, 0) is 17.3 Å². The van der Waals surface area contributed by atoms with E-state index in [1.807, 2.05) is 6.07 Å². The molecule has 80 heavy (non-hydrogen) atoms. The molecule has 2 heterocycles. The van der Waals surface area contributed by atoms with Gasteiger partial charge in [0, 0.05) is 55.1 Å². The average Bonchev–Trinajstić information content (AvgIpc) is 4.24. The fraction of sp³-hybridized carbons (Fsp3) is 0.105. The van der Waals surface area contributed by atoms with E-state index in [4.69, 9.17) is 8.83 Å². The van der Waals surface area contributed by atoms with Crippen molar-refractivity contribution >= 4 is 99.5 Å². The summed E-state index contributed by atoms with van der Waals surface area (Å²) in [5.74, 6) is 0. The van der Waals surface area contributed by atoms with Crippen molar-refractivity contribution in [1.29, 1.82) is 0 Å². The zero-order valence-electron chi connectivity index (χ0n) is 45.4. The monoisotopic (exact) mass is 1030 g/mol. The van der Waals surface area contributed by atoms with E-state index in [2.05, 4.69) is 275 Å². The lowest BCUT2D eigenvalue weighted by Crippen LogP contribution is -2.17. The first-order valence-electron chi connectivity index (χ1n) is 28.0. The molecule has 0 bridgehead atoms. The van der Waals surface area contributed by atoms with Gasteiger partial charge in [-0.15, -0.1) is 0 Å². The zero-order valence-corrected chi connectivity index (χ0v) is 45.4. The quantitative estimate of drug-likeness (QED) is 0.152. The van der Waals surface area contributed by atoms with Gasteiger partial charge in [0.2, 0.25) is 0 Å². The SMILES string of the molecule is Cc1ccccc1N(c1ccc2c(c1)C(C)(C)c1cc3ccccc3cc1-2)c1ccc(Cc2ccc(N(c3ccc4c(c3)C(C)(C)c3cc5ccccc5cc3-4)c3cccc4c3oc3ccccc34)cc2)c2c1oc1ccccc12. The highest BCUT2D eigenvalue weighted by atomic mass is 16.3. The number of furan rings is 2. The fourth-order valence-electron chi connectivity index (χ4n) is 13.8. The minimum absolute atomic E-state index is 0.200. The second-order valence-electron chi connectivity index (χ2n) is 23.3. The van der Waals surface area contributed by atoms with Crippen molar-refractivity contribution in [3.63, 3.8) is 0 Å². The van der Waals surface area contributed by atoms with Gasteiger partial charge >= 0.3 is 0 Å². The van der Waals surface area contributed by atoms with Crippen molar-refractivity contribution in [1.82, 2.24) is 0 Å². The van der Waals surface area contributed by atoms with E-state index in [1.54, 1.807) is 0 Å². The predicted octanol–water partition coefficient (Wildman–Crippen LogP) is 21.2. The van der Waals surface area contributed by atoms with Crippen LogP contribution < -0.4 is 9.80 Å². The van der Waals surface area contributed by atoms with Crippen LogP contribution in [0.25, 0.3) is 87.7 Å². The van der Waals surface area contributed by atoms with Gasteiger partial charge in [0.1, 0.15) is 11.2 Å². The van der Waals surface area contributed by atoms with Gasteiger partial charge in [-0.3, -0.25) is 0 Å². The van der Waals surface area contributed by atoms with Crippen LogP contribution in [0.15, 0.2) is 245 Å². The molecule has 0 saturated carbocycles. The van der Waals surface area contributed by atoms with Crippen molar-refractivity contribution in [3.05, 3.63) is 276 Å². The fourth-order valence-corrected chi connectivity index (χ4v) is 13.8. The third-order valence-corrected chi connectivity index (χ3v) is 18.0. The van der Waals surface area contributed by atoms with Crippen LogP contribution in [0.3, 0.4) is 0 Å². The summed E-state index contributed by atoms with van der Waals surface area (Å²) in [4.78, 5) is 4.81. The van der Waals surface area contributed by atoms with Crippen LogP contribution in [0.1, 0.15) is 66.6 Å². The Hall–Kier alpha value is -9.64. The second-order valence-corrected chi connectivity index (χ2v) is 23.3. The summed E-state index contributed by atoms with van der Waals surface area (Å²) in [6.07, 6.45) is 0.712. The first-order chi connectivity index (χ1) is 39.1. The van der Waals surface area contributed by atoms with Crippen molar-refractivity contribution < 1.29 is 8.83 Å². The first kappa shape index (κ1) is 46.5. The highest BCUT2D eigenvalue weighted by Gasteiger charge is 2.38. The lowest BCUT2D eigenvalue weighted by Gasteiger charge is -2.29. The Morgan fingerprint density at radius 3 is 1.46 bits per heavy atom. The molecule has 2 aromatic heterocycles. The molecule has 0 radical (unpaired) electrons. The van der Waals surface area contributed by atoms with E-state index < -0.39 is 0 Å². The van der Waals surface area contributed by atoms with Crippen molar-refractivity contribution in [2.24, 2.45) is 0 Å². The number of fused-ring (bicyclic) bond motifs is 14. The molecular weight excluding hydrogens is 973 g/mol. The normalized spacial score (nSPS) is 13.8. The Bertz CT molecular complexity index is 4900. The third-order valence-electron chi connectivity index (χ3n) is 18.0. The van der Waals surface area contributed by atoms with Gasteiger partial charge in [-0.05, 0) is 187 Å². The largest absolute Gasteiger partial charge is 0.454 e. The molecule has 2 aliphatic rings. The lowest BCUT2D eigenvalue weighted by atomic mass is 9.81. The molecule has 382 valence electrons. The van der Waals surface area contributed by atoms with E-state index >= 15 is 0 Å². The first-order valence-corrected chi connectivity index (χ1v) is 28.0. The minimum Gasteiger partial charge on any atom is -0.454 e. The van der Waals surface area contributed by atoms with Gasteiger partial charge in [0.25, 0.3) is 0 Å². The summed E-state index contributed by atoms with van der Waals surface area (Å²) in [5, 5.41) is 9.53. The molecule has 12 aromatic carbocycles. The third kappa shape index (κ3) is 6.88. The van der Waals surface area contributed by atoms with Gasteiger partial charge in [0.15, 0.2) is 11.2 Å². The number of rotatable bonds is 8. The second kappa shape index (κ2) is 17.2. The summed E-state index contributed by atoms with van der Waals surface area (Å²) < 4.78 is 13.9. The van der Waals surface area contributed by atoms with Crippen LogP contribution in [0, 0.1) is 6.92 Å². The molecule has 0 atom stereocenters. The summed E-state index contributed by atoms with van der Waals surface area (Å²) in [7, 11) is 0. The highest BCUT2D eigenvalue weighted by Crippen LogP contribution is 2.55. The molecule has 0 fully saturated rings.